The number of benzene rings is 2. The van der Waals surface area contributed by atoms with Crippen molar-refractivity contribution in [3.8, 4) is 0 Å². The molecule has 1 fully saturated rings. The fraction of sp³-hybridized carbons (Fsp3) is 0.360. The minimum absolute atomic E-state index is 0.208. The Morgan fingerprint density at radius 2 is 1.88 bits per heavy atom. The highest BCUT2D eigenvalue weighted by molar-refractivity contribution is 6.30. The van der Waals surface area contributed by atoms with E-state index >= 15 is 0 Å². The summed E-state index contributed by atoms with van der Waals surface area (Å²) in [6.07, 6.45) is 0.618. The van der Waals surface area contributed by atoms with Crippen molar-refractivity contribution in [2.75, 3.05) is 0 Å². The Hall–Kier alpha value is -2.90. The molecular formula is C25H25Cl2N3O4. The number of halogens is 2. The molecule has 2 aromatic carbocycles. The van der Waals surface area contributed by atoms with Gasteiger partial charge in [-0.05, 0) is 48.2 Å². The van der Waals surface area contributed by atoms with Crippen LogP contribution in [0.4, 0.5) is 0 Å². The first-order valence-electron chi connectivity index (χ1n) is 11.1. The number of aliphatic carboxylic acids is 1. The van der Waals surface area contributed by atoms with Gasteiger partial charge in [0.2, 0.25) is 17.7 Å². The summed E-state index contributed by atoms with van der Waals surface area (Å²) in [6.45, 7) is 3.63. The van der Waals surface area contributed by atoms with E-state index in [2.05, 4.69) is 10.2 Å². The summed E-state index contributed by atoms with van der Waals surface area (Å²) in [5, 5.41) is 18.9. The maximum absolute atomic E-state index is 13.9. The van der Waals surface area contributed by atoms with Crippen molar-refractivity contribution in [3.63, 3.8) is 0 Å². The summed E-state index contributed by atoms with van der Waals surface area (Å²) in [5.41, 5.74) is 1.81. The normalized spacial score (nSPS) is 21.5. The maximum Gasteiger partial charge on any atom is 0.304 e. The lowest BCUT2D eigenvalue weighted by molar-refractivity contribution is -0.153. The van der Waals surface area contributed by atoms with Gasteiger partial charge in [-0.15, -0.1) is 10.2 Å². The Morgan fingerprint density at radius 1 is 1.15 bits per heavy atom. The molecule has 1 N–H and O–H groups in total. The summed E-state index contributed by atoms with van der Waals surface area (Å²) >= 11 is 12.5. The minimum Gasteiger partial charge on any atom is -0.481 e. The van der Waals surface area contributed by atoms with Crippen molar-refractivity contribution in [2.45, 2.75) is 51.1 Å². The number of amides is 1. The summed E-state index contributed by atoms with van der Waals surface area (Å²) < 4.78 is 5.74. The molecule has 178 valence electrons. The van der Waals surface area contributed by atoms with Gasteiger partial charge < -0.3 is 14.4 Å². The third-order valence-corrected chi connectivity index (χ3v) is 6.77. The SMILES string of the molecule is CC[C@H](c1nnc(C)o1)N1C(=O)[C@@H](CC(=O)O)CC(c2cccc(Cl)c2)[C@H]1c1ccc(Cl)cc1. The van der Waals surface area contributed by atoms with Crippen molar-refractivity contribution in [1.82, 2.24) is 15.1 Å². The molecule has 0 bridgehead atoms. The van der Waals surface area contributed by atoms with Crippen LogP contribution in [0.5, 0.6) is 0 Å². The van der Waals surface area contributed by atoms with Crippen LogP contribution in [-0.2, 0) is 9.59 Å². The number of carboxylic acids is 1. The van der Waals surface area contributed by atoms with Crippen molar-refractivity contribution in [2.24, 2.45) is 5.92 Å². The van der Waals surface area contributed by atoms with Gasteiger partial charge in [0.05, 0.1) is 12.5 Å². The van der Waals surface area contributed by atoms with Gasteiger partial charge in [-0.1, -0.05) is 54.4 Å². The molecule has 4 rings (SSSR count). The molecule has 7 nitrogen and oxygen atoms in total. The van der Waals surface area contributed by atoms with Crippen LogP contribution in [0.2, 0.25) is 10.0 Å². The molecule has 1 amide bonds. The molecule has 1 aliphatic rings. The summed E-state index contributed by atoms with van der Waals surface area (Å²) in [4.78, 5) is 27.3. The Kier molecular flexibility index (Phi) is 7.24. The van der Waals surface area contributed by atoms with Crippen LogP contribution in [0, 0.1) is 12.8 Å². The second-order valence-corrected chi connectivity index (χ2v) is 9.39. The maximum atomic E-state index is 13.9. The predicted octanol–water partition coefficient (Wildman–Crippen LogP) is 5.98. The molecule has 3 aromatic rings. The fourth-order valence-electron chi connectivity index (χ4n) is 4.85. The van der Waals surface area contributed by atoms with E-state index in [0.29, 0.717) is 34.7 Å². The van der Waals surface area contributed by atoms with E-state index in [1.54, 1.807) is 30.0 Å². The molecule has 9 heteroatoms. The van der Waals surface area contributed by atoms with E-state index in [1.165, 1.54) is 0 Å². The van der Waals surface area contributed by atoms with Gasteiger partial charge in [-0.2, -0.15) is 0 Å². The number of hydrogen-bond acceptors (Lipinski definition) is 5. The largest absolute Gasteiger partial charge is 0.481 e. The zero-order valence-electron chi connectivity index (χ0n) is 18.8. The molecule has 2 heterocycles. The van der Waals surface area contributed by atoms with E-state index < -0.39 is 24.0 Å². The van der Waals surface area contributed by atoms with E-state index in [4.69, 9.17) is 27.6 Å². The van der Waals surface area contributed by atoms with Crippen LogP contribution in [0.25, 0.3) is 0 Å². The van der Waals surface area contributed by atoms with Gasteiger partial charge in [-0.3, -0.25) is 9.59 Å². The molecule has 0 radical (unpaired) electrons. The molecule has 0 spiro atoms. The Morgan fingerprint density at radius 3 is 2.47 bits per heavy atom. The van der Waals surface area contributed by atoms with Crippen LogP contribution < -0.4 is 0 Å². The van der Waals surface area contributed by atoms with E-state index in [-0.39, 0.29) is 18.2 Å². The molecule has 1 unspecified atom stereocenters. The summed E-state index contributed by atoms with van der Waals surface area (Å²) in [6, 6.07) is 13.9. The Labute approximate surface area is 207 Å². The number of carboxylic acid groups (broad SMARTS) is 1. The number of rotatable bonds is 7. The molecule has 1 saturated heterocycles. The first-order chi connectivity index (χ1) is 16.3. The molecule has 1 aromatic heterocycles. The van der Waals surface area contributed by atoms with Gasteiger partial charge >= 0.3 is 5.97 Å². The second kappa shape index (κ2) is 10.2. The highest BCUT2D eigenvalue weighted by atomic mass is 35.5. The van der Waals surface area contributed by atoms with Crippen LogP contribution in [0.1, 0.15) is 67.1 Å². The lowest BCUT2D eigenvalue weighted by atomic mass is 9.74. The zero-order valence-corrected chi connectivity index (χ0v) is 20.3. The lowest BCUT2D eigenvalue weighted by Gasteiger charge is -2.47. The van der Waals surface area contributed by atoms with Crippen LogP contribution in [-0.4, -0.2) is 32.1 Å². The summed E-state index contributed by atoms with van der Waals surface area (Å²) in [7, 11) is 0. The average molecular weight is 502 g/mol. The third-order valence-electron chi connectivity index (χ3n) is 6.28. The average Bonchev–Trinajstić information content (AvgIpc) is 3.23. The van der Waals surface area contributed by atoms with Gasteiger partial charge in [0.1, 0.15) is 6.04 Å². The molecular weight excluding hydrogens is 477 g/mol. The van der Waals surface area contributed by atoms with Crippen molar-refractivity contribution in [1.29, 1.82) is 0 Å². The molecule has 34 heavy (non-hydrogen) atoms. The number of piperidine rings is 1. The van der Waals surface area contributed by atoms with Crippen LogP contribution >= 0.6 is 23.2 Å². The lowest BCUT2D eigenvalue weighted by Crippen LogP contribution is -2.49. The second-order valence-electron chi connectivity index (χ2n) is 8.52. The first-order valence-corrected chi connectivity index (χ1v) is 11.9. The quantitative estimate of drug-likeness (QED) is 0.427. The third kappa shape index (κ3) is 4.95. The van der Waals surface area contributed by atoms with Crippen molar-refractivity contribution < 1.29 is 19.1 Å². The smallest absolute Gasteiger partial charge is 0.304 e. The van der Waals surface area contributed by atoms with E-state index in [0.717, 1.165) is 11.1 Å². The monoisotopic (exact) mass is 501 g/mol. The van der Waals surface area contributed by atoms with Gasteiger partial charge in [0.15, 0.2) is 0 Å². The van der Waals surface area contributed by atoms with Crippen LogP contribution in [0.3, 0.4) is 0 Å². The molecule has 0 aliphatic carbocycles. The van der Waals surface area contributed by atoms with E-state index in [1.807, 2.05) is 37.3 Å². The molecule has 0 saturated carbocycles. The number of nitrogens with zero attached hydrogens (tertiary/aromatic N) is 3. The van der Waals surface area contributed by atoms with Gasteiger partial charge in [0, 0.05) is 28.8 Å². The standard InChI is InChI=1S/C25H25Cl2N3O4/c1-3-21(24-29-28-14(2)34-24)30-23(15-7-9-18(26)10-8-15)20(16-5-4-6-19(27)11-16)12-17(25(30)33)13-22(31)32/h4-11,17,20-21,23H,3,12-13H2,1-2H3,(H,31,32)/t17-,20?,21-,23-/m1/s1. The summed E-state index contributed by atoms with van der Waals surface area (Å²) in [5.74, 6) is -1.45. The predicted molar refractivity (Wildman–Crippen MR) is 128 cm³/mol. The highest BCUT2D eigenvalue weighted by Gasteiger charge is 2.47. The molecule has 1 aliphatic heterocycles. The number of carbonyl (C=O) groups is 2. The Balaban J connectivity index is 1.90. The molecule has 4 atom stereocenters. The topological polar surface area (TPSA) is 96.5 Å². The highest BCUT2D eigenvalue weighted by Crippen LogP contribution is 2.50. The van der Waals surface area contributed by atoms with Gasteiger partial charge in [0.25, 0.3) is 0 Å². The number of likely N-dealkylation sites (tertiary alicyclic amines) is 1. The fourth-order valence-corrected chi connectivity index (χ4v) is 5.18. The zero-order chi connectivity index (χ0) is 24.4. The minimum atomic E-state index is -1.02. The van der Waals surface area contributed by atoms with Crippen molar-refractivity contribution >= 4 is 35.1 Å². The van der Waals surface area contributed by atoms with E-state index in [9.17, 15) is 14.7 Å². The van der Waals surface area contributed by atoms with Crippen LogP contribution in [0.15, 0.2) is 52.9 Å². The van der Waals surface area contributed by atoms with Crippen molar-refractivity contribution in [3.05, 3.63) is 81.5 Å². The number of hydrogen-bond donors (Lipinski definition) is 1. The van der Waals surface area contributed by atoms with Gasteiger partial charge in [-0.25, -0.2) is 0 Å². The number of aryl methyl sites for hydroxylation is 1. The first kappa shape index (κ1) is 24.2. The number of aromatic nitrogens is 2. The Bertz CT molecular complexity index is 1180. The number of carbonyl (C=O) groups excluding carboxylic acids is 1.